The largest absolute Gasteiger partial charge is 0.297 e. The van der Waals surface area contributed by atoms with E-state index in [9.17, 15) is 4.39 Å². The number of aromatic nitrogens is 3. The van der Waals surface area contributed by atoms with Crippen LogP contribution in [0.1, 0.15) is 24.4 Å². The number of hydrogen-bond acceptors (Lipinski definition) is 2. The zero-order valence-electron chi connectivity index (χ0n) is 9.40. The number of nitrogens with one attached hydrogen (secondary N) is 1. The highest BCUT2D eigenvalue weighted by Gasteiger charge is 2.28. The van der Waals surface area contributed by atoms with Gasteiger partial charge in [0.1, 0.15) is 5.82 Å². The maximum absolute atomic E-state index is 14.1. The Morgan fingerprint density at radius 3 is 2.94 bits per heavy atom. The number of aromatic amines is 1. The Labute approximate surface area is 103 Å². The van der Waals surface area contributed by atoms with Crippen LogP contribution in [0.2, 0.25) is 0 Å². The normalized spacial score (nSPS) is 15.2. The third-order valence-electron chi connectivity index (χ3n) is 3.05. The van der Waals surface area contributed by atoms with Crippen LogP contribution in [0.4, 0.5) is 4.39 Å². The summed E-state index contributed by atoms with van der Waals surface area (Å²) in [5.41, 5.74) is 1.14. The molecule has 1 fully saturated rings. The van der Waals surface area contributed by atoms with Crippen molar-refractivity contribution in [1.29, 1.82) is 0 Å². The summed E-state index contributed by atoms with van der Waals surface area (Å²) in [5, 5.41) is 6.91. The first-order valence-corrected chi connectivity index (χ1v) is 6.01. The Morgan fingerprint density at radius 1 is 1.47 bits per heavy atom. The first-order valence-electron chi connectivity index (χ1n) is 5.61. The fourth-order valence-corrected chi connectivity index (χ4v) is 2.27. The van der Waals surface area contributed by atoms with Crippen molar-refractivity contribution >= 4 is 12.2 Å². The summed E-state index contributed by atoms with van der Waals surface area (Å²) in [7, 11) is 0. The van der Waals surface area contributed by atoms with Gasteiger partial charge in [0, 0.05) is 6.04 Å². The number of H-pyrrole nitrogens is 1. The Hall–Kier alpha value is -1.49. The van der Waals surface area contributed by atoms with Crippen molar-refractivity contribution < 1.29 is 4.39 Å². The highest BCUT2D eigenvalue weighted by Crippen LogP contribution is 2.38. The van der Waals surface area contributed by atoms with Crippen molar-refractivity contribution in [3.8, 4) is 11.4 Å². The van der Waals surface area contributed by atoms with E-state index in [0.29, 0.717) is 27.8 Å². The molecule has 0 unspecified atom stereocenters. The van der Waals surface area contributed by atoms with Crippen molar-refractivity contribution in [1.82, 2.24) is 14.8 Å². The van der Waals surface area contributed by atoms with Gasteiger partial charge in [-0.15, -0.1) is 0 Å². The summed E-state index contributed by atoms with van der Waals surface area (Å²) < 4.78 is 16.6. The highest BCUT2D eigenvalue weighted by atomic mass is 32.1. The molecule has 1 aliphatic carbocycles. The van der Waals surface area contributed by atoms with Crippen LogP contribution in [0.15, 0.2) is 18.2 Å². The molecule has 3 rings (SSSR count). The van der Waals surface area contributed by atoms with Crippen LogP contribution in [0.5, 0.6) is 0 Å². The molecule has 1 heterocycles. The van der Waals surface area contributed by atoms with Gasteiger partial charge >= 0.3 is 0 Å². The molecule has 88 valence electrons. The second kappa shape index (κ2) is 3.77. The van der Waals surface area contributed by atoms with Crippen molar-refractivity contribution in [2.24, 2.45) is 0 Å². The van der Waals surface area contributed by atoms with E-state index in [1.165, 1.54) is 0 Å². The molecule has 1 saturated carbocycles. The van der Waals surface area contributed by atoms with Gasteiger partial charge in [0.05, 0.1) is 5.56 Å². The second-order valence-corrected chi connectivity index (χ2v) is 4.78. The first-order chi connectivity index (χ1) is 8.18. The second-order valence-electron chi connectivity index (χ2n) is 4.39. The minimum atomic E-state index is -0.219. The molecule has 0 radical (unpaired) electrons. The number of nitrogens with zero attached hydrogens (tertiary/aromatic N) is 2. The summed E-state index contributed by atoms with van der Waals surface area (Å²) >= 11 is 5.19. The maximum Gasteiger partial charge on any atom is 0.195 e. The number of halogens is 1. The van der Waals surface area contributed by atoms with Crippen molar-refractivity contribution in [3.63, 3.8) is 0 Å². The minimum Gasteiger partial charge on any atom is -0.297 e. The van der Waals surface area contributed by atoms with Gasteiger partial charge in [-0.05, 0) is 43.6 Å². The third-order valence-corrected chi connectivity index (χ3v) is 3.34. The standard InChI is InChI=1S/C12H12FN3S/c1-7-3-2-4-9(10(7)13)11-14-15-12(17)16(11)8-5-6-8/h2-4,8H,5-6H2,1H3,(H,15,17). The van der Waals surface area contributed by atoms with Gasteiger partial charge in [-0.25, -0.2) is 4.39 Å². The average molecular weight is 249 g/mol. The topological polar surface area (TPSA) is 33.6 Å². The van der Waals surface area contributed by atoms with E-state index in [0.717, 1.165) is 12.8 Å². The van der Waals surface area contributed by atoms with Crippen LogP contribution in [0.25, 0.3) is 11.4 Å². The minimum absolute atomic E-state index is 0.219. The summed E-state index contributed by atoms with van der Waals surface area (Å²) in [6, 6.07) is 5.72. The van der Waals surface area contributed by atoms with Gasteiger partial charge in [-0.3, -0.25) is 9.67 Å². The number of hydrogen-bond donors (Lipinski definition) is 1. The molecule has 0 aliphatic heterocycles. The monoisotopic (exact) mass is 249 g/mol. The van der Waals surface area contributed by atoms with Crippen LogP contribution in [-0.4, -0.2) is 14.8 Å². The van der Waals surface area contributed by atoms with Gasteiger partial charge < -0.3 is 0 Å². The number of aryl methyl sites for hydroxylation is 1. The van der Waals surface area contributed by atoms with Crippen LogP contribution in [0, 0.1) is 17.5 Å². The smallest absolute Gasteiger partial charge is 0.195 e. The molecule has 1 aromatic carbocycles. The lowest BCUT2D eigenvalue weighted by Gasteiger charge is -2.07. The lowest BCUT2D eigenvalue weighted by Crippen LogP contribution is -2.00. The highest BCUT2D eigenvalue weighted by molar-refractivity contribution is 7.71. The molecule has 0 amide bonds. The van der Waals surface area contributed by atoms with Crippen molar-refractivity contribution in [3.05, 3.63) is 34.4 Å². The van der Waals surface area contributed by atoms with Crippen molar-refractivity contribution in [2.45, 2.75) is 25.8 Å². The predicted octanol–water partition coefficient (Wildman–Crippen LogP) is 3.39. The summed E-state index contributed by atoms with van der Waals surface area (Å²) in [6.07, 6.45) is 2.18. The van der Waals surface area contributed by atoms with E-state index in [1.54, 1.807) is 19.1 Å². The summed E-state index contributed by atoms with van der Waals surface area (Å²) in [6.45, 7) is 1.75. The lowest BCUT2D eigenvalue weighted by molar-refractivity contribution is 0.617. The Balaban J connectivity index is 2.21. The molecule has 0 atom stereocenters. The molecule has 5 heteroatoms. The number of benzene rings is 1. The van der Waals surface area contributed by atoms with Gasteiger partial charge in [-0.1, -0.05) is 12.1 Å². The van der Waals surface area contributed by atoms with E-state index >= 15 is 0 Å². The molecular formula is C12H12FN3S. The fraction of sp³-hybridized carbons (Fsp3) is 0.333. The van der Waals surface area contributed by atoms with Gasteiger partial charge in [0.25, 0.3) is 0 Å². The van der Waals surface area contributed by atoms with Crippen molar-refractivity contribution in [2.75, 3.05) is 0 Å². The summed E-state index contributed by atoms with van der Waals surface area (Å²) in [5.74, 6) is 0.391. The molecular weight excluding hydrogens is 237 g/mol. The zero-order chi connectivity index (χ0) is 12.0. The predicted molar refractivity (Wildman–Crippen MR) is 65.8 cm³/mol. The Bertz CT molecular complexity index is 625. The van der Waals surface area contributed by atoms with E-state index in [-0.39, 0.29) is 5.82 Å². The van der Waals surface area contributed by atoms with Gasteiger partial charge in [0.2, 0.25) is 0 Å². The van der Waals surface area contributed by atoms with E-state index in [2.05, 4.69) is 10.2 Å². The SMILES string of the molecule is Cc1cccc(-c2n[nH]c(=S)n2C2CC2)c1F. The zero-order valence-corrected chi connectivity index (χ0v) is 10.2. The molecule has 0 spiro atoms. The molecule has 1 aliphatic rings. The Morgan fingerprint density at radius 2 is 2.24 bits per heavy atom. The van der Waals surface area contributed by atoms with E-state index < -0.39 is 0 Å². The molecule has 1 N–H and O–H groups in total. The molecule has 1 aromatic heterocycles. The average Bonchev–Trinajstić information content (AvgIpc) is 3.07. The van der Waals surface area contributed by atoms with Crippen LogP contribution >= 0.6 is 12.2 Å². The maximum atomic E-state index is 14.1. The molecule has 0 saturated heterocycles. The molecule has 3 nitrogen and oxygen atoms in total. The first kappa shape index (κ1) is 10.7. The van der Waals surface area contributed by atoms with Crippen LogP contribution in [0.3, 0.4) is 0 Å². The van der Waals surface area contributed by atoms with Gasteiger partial charge in [0.15, 0.2) is 10.6 Å². The van der Waals surface area contributed by atoms with E-state index in [4.69, 9.17) is 12.2 Å². The molecule has 0 bridgehead atoms. The summed E-state index contributed by atoms with van der Waals surface area (Å²) in [4.78, 5) is 0. The molecule has 17 heavy (non-hydrogen) atoms. The van der Waals surface area contributed by atoms with Gasteiger partial charge in [-0.2, -0.15) is 5.10 Å². The fourth-order valence-electron chi connectivity index (χ4n) is 1.99. The Kier molecular flexibility index (Phi) is 2.36. The third kappa shape index (κ3) is 1.70. The lowest BCUT2D eigenvalue weighted by atomic mass is 10.1. The van der Waals surface area contributed by atoms with Crippen LogP contribution in [-0.2, 0) is 0 Å². The number of rotatable bonds is 2. The molecule has 2 aromatic rings. The van der Waals surface area contributed by atoms with E-state index in [1.807, 2.05) is 10.6 Å². The quantitative estimate of drug-likeness (QED) is 0.828. The van der Waals surface area contributed by atoms with Crippen LogP contribution < -0.4 is 0 Å².